The highest BCUT2D eigenvalue weighted by molar-refractivity contribution is 5.83. The van der Waals surface area contributed by atoms with Gasteiger partial charge in [-0.2, -0.15) is 0 Å². The van der Waals surface area contributed by atoms with Crippen molar-refractivity contribution in [3.63, 3.8) is 0 Å². The van der Waals surface area contributed by atoms with E-state index in [0.717, 1.165) is 6.42 Å². The molecule has 0 N–H and O–H groups in total. The number of hydrogen-bond acceptors (Lipinski definition) is 3. The van der Waals surface area contributed by atoms with Crippen LogP contribution in [0.1, 0.15) is 24.9 Å². The van der Waals surface area contributed by atoms with E-state index >= 15 is 0 Å². The molecule has 1 aromatic carbocycles. The zero-order valence-electron chi connectivity index (χ0n) is 14.0. The van der Waals surface area contributed by atoms with Crippen LogP contribution in [0.15, 0.2) is 24.3 Å². The van der Waals surface area contributed by atoms with Gasteiger partial charge in [-0.25, -0.2) is 4.39 Å². The predicted molar refractivity (Wildman–Crippen MR) is 86.3 cm³/mol. The monoisotopic (exact) mass is 321 g/mol. The molecule has 1 aliphatic rings. The predicted octanol–water partition coefficient (Wildman–Crippen LogP) is 1.51. The van der Waals surface area contributed by atoms with Crippen LogP contribution in [0.5, 0.6) is 0 Å². The van der Waals surface area contributed by atoms with Crippen LogP contribution >= 0.6 is 0 Å². The van der Waals surface area contributed by atoms with Crippen LogP contribution in [0, 0.1) is 5.82 Å². The summed E-state index contributed by atoms with van der Waals surface area (Å²) in [5.41, 5.74) is 0.646. The van der Waals surface area contributed by atoms with Crippen molar-refractivity contribution < 1.29 is 14.0 Å². The first-order valence-corrected chi connectivity index (χ1v) is 7.86. The molecular formula is C17H24FN3O2. The minimum atomic E-state index is -0.519. The number of carbonyl (C=O) groups excluding carboxylic acids is 2. The number of likely N-dealkylation sites (N-methyl/N-ethyl adjacent to an activating group) is 1. The van der Waals surface area contributed by atoms with Gasteiger partial charge in [0.1, 0.15) is 11.9 Å². The molecule has 0 bridgehead atoms. The number of amides is 2. The second-order valence-electron chi connectivity index (χ2n) is 6.11. The smallest absolute Gasteiger partial charge is 0.244 e. The van der Waals surface area contributed by atoms with Crippen LogP contribution < -0.4 is 0 Å². The van der Waals surface area contributed by atoms with Crippen LogP contribution in [-0.4, -0.2) is 66.8 Å². The summed E-state index contributed by atoms with van der Waals surface area (Å²) < 4.78 is 13.5. The molecular weight excluding hydrogens is 297 g/mol. The molecule has 2 amide bonds. The molecule has 0 saturated carbocycles. The second kappa shape index (κ2) is 7.55. The third kappa shape index (κ3) is 4.28. The lowest BCUT2D eigenvalue weighted by atomic mass is 10.0. The van der Waals surface area contributed by atoms with Gasteiger partial charge in [0, 0.05) is 33.1 Å². The second-order valence-corrected chi connectivity index (χ2v) is 6.11. The molecule has 1 atom stereocenters. The van der Waals surface area contributed by atoms with Gasteiger partial charge in [-0.3, -0.25) is 14.5 Å². The molecule has 1 heterocycles. The number of carbonyl (C=O) groups is 2. The Kier molecular flexibility index (Phi) is 5.71. The fourth-order valence-electron chi connectivity index (χ4n) is 2.96. The van der Waals surface area contributed by atoms with Gasteiger partial charge >= 0.3 is 0 Å². The molecule has 1 unspecified atom stereocenters. The van der Waals surface area contributed by atoms with Gasteiger partial charge < -0.3 is 9.80 Å². The Bertz CT molecular complexity index is 577. The number of benzene rings is 1. The van der Waals surface area contributed by atoms with Crippen molar-refractivity contribution in [1.29, 1.82) is 0 Å². The summed E-state index contributed by atoms with van der Waals surface area (Å²) in [6.07, 6.45) is 0.759. The Balaban J connectivity index is 2.16. The van der Waals surface area contributed by atoms with E-state index in [2.05, 4.69) is 0 Å². The van der Waals surface area contributed by atoms with Crippen molar-refractivity contribution in [2.45, 2.75) is 19.4 Å². The summed E-state index contributed by atoms with van der Waals surface area (Å²) in [6.45, 7) is 3.89. The molecule has 0 spiro atoms. The minimum absolute atomic E-state index is 0.0357. The average Bonchev–Trinajstić information content (AvgIpc) is 2.73. The number of nitrogens with zero attached hydrogens (tertiary/aromatic N) is 3. The van der Waals surface area contributed by atoms with Crippen molar-refractivity contribution in [2.75, 3.05) is 40.3 Å². The molecule has 0 aromatic heterocycles. The fourth-order valence-corrected chi connectivity index (χ4v) is 2.96. The van der Waals surface area contributed by atoms with Crippen LogP contribution in [0.25, 0.3) is 0 Å². The molecule has 2 rings (SSSR count). The highest BCUT2D eigenvalue weighted by atomic mass is 19.1. The van der Waals surface area contributed by atoms with Gasteiger partial charge in [-0.05, 0) is 38.2 Å². The summed E-state index contributed by atoms with van der Waals surface area (Å²) in [6, 6.07) is 5.65. The summed E-state index contributed by atoms with van der Waals surface area (Å²) in [5.74, 6) is -0.361. The Labute approximate surface area is 136 Å². The number of hydrogen-bond donors (Lipinski definition) is 0. The van der Waals surface area contributed by atoms with E-state index < -0.39 is 6.04 Å². The number of rotatable bonds is 3. The highest BCUT2D eigenvalue weighted by Gasteiger charge is 2.29. The molecule has 0 radical (unpaired) electrons. The average molecular weight is 321 g/mol. The van der Waals surface area contributed by atoms with Crippen molar-refractivity contribution in [2.24, 2.45) is 0 Å². The SMILES string of the molecule is CC(=O)N1CCCN(C(=O)C(c2cccc(F)c2)N(C)C)CC1. The standard InChI is InChI=1S/C17H24FN3O2/c1-13(22)20-8-5-9-21(11-10-20)17(23)16(19(2)3)14-6-4-7-15(18)12-14/h4,6-7,12,16H,5,8-11H2,1-3H3. The third-order valence-electron chi connectivity index (χ3n) is 4.17. The normalized spacial score (nSPS) is 17.1. The Morgan fingerprint density at radius 1 is 1.13 bits per heavy atom. The van der Waals surface area contributed by atoms with E-state index in [1.54, 1.807) is 33.8 Å². The summed E-state index contributed by atoms with van der Waals surface area (Å²) >= 11 is 0. The van der Waals surface area contributed by atoms with Crippen molar-refractivity contribution in [1.82, 2.24) is 14.7 Å². The quantitative estimate of drug-likeness (QED) is 0.848. The van der Waals surface area contributed by atoms with E-state index in [0.29, 0.717) is 31.7 Å². The van der Waals surface area contributed by atoms with Gasteiger partial charge in [0.15, 0.2) is 0 Å². The zero-order chi connectivity index (χ0) is 17.0. The lowest BCUT2D eigenvalue weighted by molar-refractivity contribution is -0.137. The molecule has 126 valence electrons. The summed E-state index contributed by atoms with van der Waals surface area (Å²) in [5, 5.41) is 0. The molecule has 6 heteroatoms. The molecule has 1 aromatic rings. The van der Waals surface area contributed by atoms with Gasteiger partial charge in [0.25, 0.3) is 0 Å². The molecule has 1 saturated heterocycles. The van der Waals surface area contributed by atoms with E-state index in [-0.39, 0.29) is 17.6 Å². The molecule has 1 fully saturated rings. The van der Waals surface area contributed by atoms with Gasteiger partial charge in [-0.15, -0.1) is 0 Å². The van der Waals surface area contributed by atoms with E-state index in [1.165, 1.54) is 12.1 Å². The lowest BCUT2D eigenvalue weighted by Gasteiger charge is -2.30. The summed E-state index contributed by atoms with van der Waals surface area (Å²) in [7, 11) is 3.63. The van der Waals surface area contributed by atoms with Crippen LogP contribution in [0.2, 0.25) is 0 Å². The van der Waals surface area contributed by atoms with Crippen molar-refractivity contribution in [3.8, 4) is 0 Å². The van der Waals surface area contributed by atoms with Gasteiger partial charge in [0.2, 0.25) is 11.8 Å². The number of halogens is 1. The first-order chi connectivity index (χ1) is 10.9. The van der Waals surface area contributed by atoms with Gasteiger partial charge in [-0.1, -0.05) is 12.1 Å². The van der Waals surface area contributed by atoms with Crippen molar-refractivity contribution >= 4 is 11.8 Å². The molecule has 23 heavy (non-hydrogen) atoms. The topological polar surface area (TPSA) is 43.9 Å². The third-order valence-corrected chi connectivity index (χ3v) is 4.17. The van der Waals surface area contributed by atoms with Crippen LogP contribution in [-0.2, 0) is 9.59 Å². The molecule has 1 aliphatic heterocycles. The zero-order valence-corrected chi connectivity index (χ0v) is 14.0. The van der Waals surface area contributed by atoms with E-state index in [4.69, 9.17) is 0 Å². The van der Waals surface area contributed by atoms with Crippen LogP contribution in [0.3, 0.4) is 0 Å². The maximum Gasteiger partial charge on any atom is 0.244 e. The Morgan fingerprint density at radius 3 is 2.39 bits per heavy atom. The van der Waals surface area contributed by atoms with Crippen LogP contribution in [0.4, 0.5) is 4.39 Å². The summed E-state index contributed by atoms with van der Waals surface area (Å²) in [4.78, 5) is 29.8. The lowest BCUT2D eigenvalue weighted by Crippen LogP contribution is -2.42. The highest BCUT2D eigenvalue weighted by Crippen LogP contribution is 2.22. The minimum Gasteiger partial charge on any atom is -0.341 e. The largest absolute Gasteiger partial charge is 0.341 e. The van der Waals surface area contributed by atoms with Gasteiger partial charge in [0.05, 0.1) is 0 Å². The Hall–Kier alpha value is -1.95. The fraction of sp³-hybridized carbons (Fsp3) is 0.529. The molecule has 5 nitrogen and oxygen atoms in total. The first-order valence-electron chi connectivity index (χ1n) is 7.86. The first kappa shape index (κ1) is 17.4. The Morgan fingerprint density at radius 2 is 1.78 bits per heavy atom. The maximum absolute atomic E-state index is 13.5. The molecule has 0 aliphatic carbocycles. The van der Waals surface area contributed by atoms with E-state index in [1.807, 2.05) is 14.1 Å². The maximum atomic E-state index is 13.5. The van der Waals surface area contributed by atoms with Crippen molar-refractivity contribution in [3.05, 3.63) is 35.6 Å². The van der Waals surface area contributed by atoms with E-state index in [9.17, 15) is 14.0 Å².